The van der Waals surface area contributed by atoms with Crippen LogP contribution in [0.2, 0.25) is 0 Å². The molecule has 0 atom stereocenters. The maximum Gasteiger partial charge on any atom is 0.513 e. The number of carbonyl (C=O) groups excluding carboxylic acids is 1. The number of nitrogens with zero attached hydrogens (tertiary/aromatic N) is 1. The first-order chi connectivity index (χ1) is 46.6. The van der Waals surface area contributed by atoms with E-state index in [-0.39, 0.29) is 24.7 Å². The summed E-state index contributed by atoms with van der Waals surface area (Å²) in [6.07, 6.45) is 4.49. The largest absolute Gasteiger partial charge is 0.513 e. The van der Waals surface area contributed by atoms with E-state index in [0.29, 0.717) is 311 Å². The molecule has 2 aromatic carbocycles. The summed E-state index contributed by atoms with van der Waals surface area (Å²) in [5, 5.41) is 10.7. The highest BCUT2D eigenvalue weighted by Gasteiger charge is 2.10. The van der Waals surface area contributed by atoms with Gasteiger partial charge >= 0.3 is 6.16 Å². The molecule has 2 rings (SSSR count). The maximum absolute atomic E-state index is 11.7. The summed E-state index contributed by atoms with van der Waals surface area (Å²) < 4.78 is 142. The second kappa shape index (κ2) is 71.5. The Labute approximate surface area is 554 Å². The molecule has 0 aromatic heterocycles. The number of nitro groups is 1. The number of nitro benzene ring substituents is 1. The monoisotopic (exact) mass is 1350 g/mol. The van der Waals surface area contributed by atoms with Gasteiger partial charge in [0.25, 0.3) is 5.69 Å². The van der Waals surface area contributed by atoms with Crippen LogP contribution in [0.15, 0.2) is 48.5 Å². The minimum Gasteiger partial charge on any atom is -0.432 e. The van der Waals surface area contributed by atoms with Gasteiger partial charge in [0.2, 0.25) is 0 Å². The number of non-ortho nitro benzene ring substituents is 1. The van der Waals surface area contributed by atoms with Crippen LogP contribution in [0.25, 0.3) is 0 Å². The van der Waals surface area contributed by atoms with E-state index in [4.69, 9.17) is 130 Å². The number of carbonyl (C=O) groups is 1. The molecular formula is C64H107NO29. The fourth-order valence-corrected chi connectivity index (χ4v) is 6.94. The molecule has 0 heterocycles. The molecule has 0 radical (unpaired) electrons. The molecule has 30 heteroatoms. The molecule has 0 amide bonds. The Kier molecular flexibility index (Phi) is 65.2. The number of rotatable bonds is 76. The Bertz CT molecular complexity index is 1960. The van der Waals surface area contributed by atoms with Gasteiger partial charge in [-0.15, -0.1) is 6.42 Å². The molecule has 0 unspecified atom stereocenters. The van der Waals surface area contributed by atoms with Crippen LogP contribution < -0.4 is 4.74 Å². The van der Waals surface area contributed by atoms with Crippen molar-refractivity contribution in [2.45, 2.75) is 6.61 Å². The molecule has 94 heavy (non-hydrogen) atoms. The van der Waals surface area contributed by atoms with Crippen molar-refractivity contribution in [1.29, 1.82) is 0 Å². The number of hydrogen-bond donors (Lipinski definition) is 0. The van der Waals surface area contributed by atoms with Crippen LogP contribution in [0, 0.1) is 22.5 Å². The van der Waals surface area contributed by atoms with Crippen LogP contribution in [0.3, 0.4) is 0 Å². The number of benzene rings is 2. The molecule has 0 fully saturated rings. The van der Waals surface area contributed by atoms with Gasteiger partial charge in [-0.1, -0.05) is 18.1 Å². The van der Waals surface area contributed by atoms with Gasteiger partial charge in [-0.2, -0.15) is 0 Å². The summed E-state index contributed by atoms with van der Waals surface area (Å²) in [7, 11) is 0. The molecule has 0 bridgehead atoms. The lowest BCUT2D eigenvalue weighted by atomic mass is 10.1. The number of hydrogen-bond acceptors (Lipinski definition) is 29. The van der Waals surface area contributed by atoms with Crippen LogP contribution in [-0.4, -0.2) is 328 Å². The van der Waals surface area contributed by atoms with Crippen molar-refractivity contribution in [3.63, 3.8) is 0 Å². The van der Waals surface area contributed by atoms with Gasteiger partial charge < -0.3 is 123 Å². The molecular weight excluding hydrogens is 1250 g/mol. The van der Waals surface area contributed by atoms with Crippen molar-refractivity contribution >= 4 is 11.8 Å². The van der Waals surface area contributed by atoms with Crippen LogP contribution in [0.5, 0.6) is 5.75 Å². The van der Waals surface area contributed by atoms with Gasteiger partial charge in [-0.05, 0) is 29.8 Å². The minimum atomic E-state index is -0.934. The van der Waals surface area contributed by atoms with E-state index in [1.54, 1.807) is 0 Å². The van der Waals surface area contributed by atoms with Gasteiger partial charge in [0.1, 0.15) is 12.4 Å². The Balaban J connectivity index is 1.09. The van der Waals surface area contributed by atoms with Crippen molar-refractivity contribution in [2.24, 2.45) is 0 Å². The van der Waals surface area contributed by atoms with Crippen LogP contribution in [0.1, 0.15) is 11.1 Å². The van der Waals surface area contributed by atoms with E-state index in [2.05, 4.69) is 5.92 Å². The second-order valence-electron chi connectivity index (χ2n) is 18.9. The zero-order chi connectivity index (χ0) is 66.9. The fraction of sp³-hybridized carbons (Fsp3) is 0.766. The van der Waals surface area contributed by atoms with E-state index in [0.717, 1.165) is 11.1 Å². The zero-order valence-electron chi connectivity index (χ0n) is 55.1. The average molecular weight is 1350 g/mol. The molecule has 0 saturated carbocycles. The second-order valence-corrected chi connectivity index (χ2v) is 18.9. The molecule has 0 N–H and O–H groups in total. The first-order valence-corrected chi connectivity index (χ1v) is 32.1. The third-order valence-corrected chi connectivity index (χ3v) is 11.6. The van der Waals surface area contributed by atoms with Crippen molar-refractivity contribution in [2.75, 3.05) is 317 Å². The van der Waals surface area contributed by atoms with Crippen molar-refractivity contribution in [1.82, 2.24) is 0 Å². The smallest absolute Gasteiger partial charge is 0.432 e. The van der Waals surface area contributed by atoms with E-state index in [1.165, 1.54) is 24.3 Å². The number of terminal acetylenes is 1. The van der Waals surface area contributed by atoms with Crippen LogP contribution in [-0.2, 0) is 125 Å². The lowest BCUT2D eigenvalue weighted by molar-refractivity contribution is -0.384. The molecule has 0 aliphatic heterocycles. The average Bonchev–Trinajstić information content (AvgIpc) is 1.99. The predicted molar refractivity (Wildman–Crippen MR) is 338 cm³/mol. The SMILES string of the molecule is C#Cc1cccc(COCCOCCOCCOCCOCCOCCOCCOCCOCCOCCOCCOCCOCCOCCOCCOCCOCCOCCOCCOCCOCCOCCOCCOCCOC(=O)Oc2ccc([N+](=O)[O-])cc2)c1. The standard InChI is InChI=1S/C64H107NO29/c1-2-60-4-3-5-61(58-60)59-92-55-54-90-51-50-88-47-46-86-43-42-84-39-38-82-35-34-80-31-30-78-27-26-76-23-22-74-19-18-72-15-14-70-11-10-69-12-13-71-16-17-73-20-21-75-24-25-77-28-29-79-32-33-81-36-37-83-40-41-85-44-45-87-48-49-89-52-53-91-56-57-93-64(66)94-63-8-6-62(7-9-63)65(67)68/h1,3-9,58H,10-57,59H2. The van der Waals surface area contributed by atoms with E-state index in [1.807, 2.05) is 24.3 Å². The molecule has 30 nitrogen and oxygen atoms in total. The molecule has 0 aliphatic carbocycles. The third kappa shape index (κ3) is 62.5. The summed E-state index contributed by atoms with van der Waals surface area (Å²) >= 11 is 0. The fourth-order valence-electron chi connectivity index (χ4n) is 6.94. The van der Waals surface area contributed by atoms with Gasteiger partial charge in [0, 0.05) is 17.7 Å². The highest BCUT2D eigenvalue weighted by atomic mass is 16.7. The molecule has 2 aromatic rings. The maximum atomic E-state index is 11.7. The van der Waals surface area contributed by atoms with E-state index in [9.17, 15) is 14.9 Å². The summed E-state index contributed by atoms with van der Waals surface area (Å²) in [5.41, 5.74) is 1.77. The Hall–Kier alpha value is -4.29. The normalized spacial score (nSPS) is 11.4. The predicted octanol–water partition coefficient (Wildman–Crippen LogP) is 3.69. The lowest BCUT2D eigenvalue weighted by Crippen LogP contribution is -2.16. The highest BCUT2D eigenvalue weighted by Crippen LogP contribution is 2.17. The van der Waals surface area contributed by atoms with Gasteiger partial charge in [-0.25, -0.2) is 4.79 Å². The van der Waals surface area contributed by atoms with Gasteiger partial charge in [0.05, 0.1) is 322 Å². The minimum absolute atomic E-state index is 0.0184. The van der Waals surface area contributed by atoms with Gasteiger partial charge in [-0.3, -0.25) is 10.1 Å². The zero-order valence-corrected chi connectivity index (χ0v) is 55.1. The molecule has 0 aliphatic rings. The Morgan fingerprint density at radius 3 is 0.734 bits per heavy atom. The molecule has 542 valence electrons. The van der Waals surface area contributed by atoms with Crippen LogP contribution >= 0.6 is 0 Å². The molecule has 0 spiro atoms. The quantitative estimate of drug-likeness (QED) is 0.0228. The van der Waals surface area contributed by atoms with E-state index < -0.39 is 11.1 Å². The topological polar surface area (TPSA) is 300 Å². The van der Waals surface area contributed by atoms with Crippen molar-refractivity contribution in [3.05, 3.63) is 69.8 Å². The summed E-state index contributed by atoms with van der Waals surface area (Å²) in [6, 6.07) is 12.8. The molecule has 0 saturated heterocycles. The van der Waals surface area contributed by atoms with E-state index >= 15 is 0 Å². The summed E-state index contributed by atoms with van der Waals surface area (Å²) in [4.78, 5) is 21.8. The first-order valence-electron chi connectivity index (χ1n) is 32.1. The van der Waals surface area contributed by atoms with Crippen molar-refractivity contribution < 1.29 is 133 Å². The van der Waals surface area contributed by atoms with Gasteiger partial charge in [0.15, 0.2) is 0 Å². The highest BCUT2D eigenvalue weighted by molar-refractivity contribution is 5.64. The Morgan fingerprint density at radius 1 is 0.309 bits per heavy atom. The Morgan fingerprint density at radius 2 is 0.521 bits per heavy atom. The summed E-state index contributed by atoms with van der Waals surface area (Å²) in [6.45, 7) is 22.0. The van der Waals surface area contributed by atoms with Crippen molar-refractivity contribution in [3.8, 4) is 18.1 Å². The lowest BCUT2D eigenvalue weighted by Gasteiger charge is -2.09. The van der Waals surface area contributed by atoms with Crippen LogP contribution in [0.4, 0.5) is 10.5 Å². The number of ether oxygens (including phenoxy) is 26. The summed E-state index contributed by atoms with van der Waals surface area (Å²) in [5.74, 6) is 2.75. The first kappa shape index (κ1) is 85.8. The third-order valence-electron chi connectivity index (χ3n) is 11.6.